The van der Waals surface area contributed by atoms with Gasteiger partial charge in [0.05, 0.1) is 11.3 Å². The topological polar surface area (TPSA) is 34.9 Å². The summed E-state index contributed by atoms with van der Waals surface area (Å²) in [5.74, 6) is 0. The molecule has 0 saturated heterocycles. The predicted molar refractivity (Wildman–Crippen MR) is 84.1 cm³/mol. The lowest BCUT2D eigenvalue weighted by Crippen LogP contribution is -1.97. The third-order valence-electron chi connectivity index (χ3n) is 3.35. The van der Waals surface area contributed by atoms with E-state index in [0.717, 1.165) is 23.1 Å². The Hall–Kier alpha value is -2.39. The van der Waals surface area contributed by atoms with Crippen molar-refractivity contribution >= 4 is 17.9 Å². The van der Waals surface area contributed by atoms with Crippen LogP contribution in [0.5, 0.6) is 0 Å². The highest BCUT2D eigenvalue weighted by Crippen LogP contribution is 2.24. The lowest BCUT2D eigenvalue weighted by Gasteiger charge is -2.04. The average Bonchev–Trinajstić information content (AvgIpc) is 2.92. The molecule has 0 spiro atoms. The molecule has 21 heavy (non-hydrogen) atoms. The van der Waals surface area contributed by atoms with Crippen molar-refractivity contribution in [3.63, 3.8) is 0 Å². The van der Waals surface area contributed by atoms with E-state index in [0.29, 0.717) is 16.3 Å². The number of halogens is 1. The molecule has 104 valence electrons. The van der Waals surface area contributed by atoms with Crippen molar-refractivity contribution in [2.24, 2.45) is 0 Å². The second kappa shape index (κ2) is 5.54. The Labute approximate surface area is 127 Å². The van der Waals surface area contributed by atoms with Gasteiger partial charge in [0.15, 0.2) is 6.29 Å². The fourth-order valence-electron chi connectivity index (χ4n) is 2.25. The minimum Gasteiger partial charge on any atom is -0.298 e. The second-order valence-electron chi connectivity index (χ2n) is 4.79. The molecular formula is C17H13ClN2O. The van der Waals surface area contributed by atoms with Gasteiger partial charge in [-0.3, -0.25) is 4.79 Å². The number of hydrogen-bond donors (Lipinski definition) is 0. The summed E-state index contributed by atoms with van der Waals surface area (Å²) in [6.07, 6.45) is 2.57. The van der Waals surface area contributed by atoms with Crippen LogP contribution in [-0.4, -0.2) is 16.1 Å². The SMILES string of the molecule is Cc1ccccc1-n1cc(C=O)c(-c2ccc(Cl)cc2)n1. The summed E-state index contributed by atoms with van der Waals surface area (Å²) >= 11 is 5.90. The molecule has 1 aromatic heterocycles. The van der Waals surface area contributed by atoms with Crippen molar-refractivity contribution < 1.29 is 4.79 Å². The van der Waals surface area contributed by atoms with E-state index in [2.05, 4.69) is 5.10 Å². The van der Waals surface area contributed by atoms with E-state index in [1.807, 2.05) is 43.3 Å². The van der Waals surface area contributed by atoms with Gasteiger partial charge in [-0.05, 0) is 30.7 Å². The zero-order chi connectivity index (χ0) is 14.8. The lowest BCUT2D eigenvalue weighted by atomic mass is 10.1. The quantitative estimate of drug-likeness (QED) is 0.675. The zero-order valence-corrected chi connectivity index (χ0v) is 12.2. The van der Waals surface area contributed by atoms with Crippen molar-refractivity contribution in [3.05, 3.63) is 70.9 Å². The third kappa shape index (κ3) is 2.60. The molecule has 3 nitrogen and oxygen atoms in total. The molecule has 0 aliphatic heterocycles. The molecule has 0 atom stereocenters. The molecule has 4 heteroatoms. The molecule has 3 rings (SSSR count). The van der Waals surface area contributed by atoms with Gasteiger partial charge in [0.2, 0.25) is 0 Å². The van der Waals surface area contributed by atoms with Crippen LogP contribution in [0.15, 0.2) is 54.7 Å². The monoisotopic (exact) mass is 296 g/mol. The van der Waals surface area contributed by atoms with E-state index in [9.17, 15) is 4.79 Å². The summed E-state index contributed by atoms with van der Waals surface area (Å²) in [5.41, 5.74) is 4.14. The van der Waals surface area contributed by atoms with Gasteiger partial charge in [0.1, 0.15) is 5.69 Å². The van der Waals surface area contributed by atoms with Gasteiger partial charge in [-0.25, -0.2) is 4.68 Å². The predicted octanol–water partition coefficient (Wildman–Crippen LogP) is 4.31. The fraction of sp³-hybridized carbons (Fsp3) is 0.0588. The van der Waals surface area contributed by atoms with Crippen LogP contribution >= 0.6 is 11.6 Å². The molecule has 0 unspecified atom stereocenters. The maximum absolute atomic E-state index is 11.3. The van der Waals surface area contributed by atoms with Crippen LogP contribution in [0, 0.1) is 6.92 Å². The number of benzene rings is 2. The van der Waals surface area contributed by atoms with E-state index in [1.165, 1.54) is 0 Å². The standard InChI is InChI=1S/C17H13ClN2O/c1-12-4-2-3-5-16(12)20-10-14(11-21)17(19-20)13-6-8-15(18)9-7-13/h2-11H,1H3. The minimum atomic E-state index is 0.556. The molecule has 0 N–H and O–H groups in total. The Morgan fingerprint density at radius 3 is 2.48 bits per heavy atom. The van der Waals surface area contributed by atoms with E-state index >= 15 is 0 Å². The number of para-hydroxylation sites is 1. The van der Waals surface area contributed by atoms with Crippen molar-refractivity contribution in [3.8, 4) is 16.9 Å². The van der Waals surface area contributed by atoms with E-state index in [4.69, 9.17) is 11.6 Å². The van der Waals surface area contributed by atoms with Crippen molar-refractivity contribution in [2.45, 2.75) is 6.92 Å². The molecule has 0 aliphatic carbocycles. The number of aryl methyl sites for hydroxylation is 1. The Kier molecular flexibility index (Phi) is 3.59. The first-order valence-corrected chi connectivity index (χ1v) is 6.93. The molecule has 0 saturated carbocycles. The van der Waals surface area contributed by atoms with Crippen LogP contribution < -0.4 is 0 Å². The maximum Gasteiger partial charge on any atom is 0.153 e. The number of aromatic nitrogens is 2. The number of carbonyl (C=O) groups excluding carboxylic acids is 1. The first kappa shape index (κ1) is 13.6. The normalized spacial score (nSPS) is 10.6. The van der Waals surface area contributed by atoms with Gasteiger partial charge in [-0.1, -0.05) is 41.9 Å². The molecule has 1 heterocycles. The largest absolute Gasteiger partial charge is 0.298 e. The van der Waals surface area contributed by atoms with Crippen LogP contribution in [0.2, 0.25) is 5.02 Å². The van der Waals surface area contributed by atoms with Crippen LogP contribution in [0.4, 0.5) is 0 Å². The van der Waals surface area contributed by atoms with Gasteiger partial charge in [-0.2, -0.15) is 5.10 Å². The highest BCUT2D eigenvalue weighted by atomic mass is 35.5. The molecule has 2 aromatic carbocycles. The molecule has 0 radical (unpaired) electrons. The summed E-state index contributed by atoms with van der Waals surface area (Å²) in [4.78, 5) is 11.3. The highest BCUT2D eigenvalue weighted by molar-refractivity contribution is 6.30. The highest BCUT2D eigenvalue weighted by Gasteiger charge is 2.12. The molecule has 0 amide bonds. The number of aldehydes is 1. The Balaban J connectivity index is 2.13. The lowest BCUT2D eigenvalue weighted by molar-refractivity contribution is 0.112. The van der Waals surface area contributed by atoms with Gasteiger partial charge in [0.25, 0.3) is 0 Å². The summed E-state index contributed by atoms with van der Waals surface area (Å²) in [5, 5.41) is 5.21. The summed E-state index contributed by atoms with van der Waals surface area (Å²) < 4.78 is 1.74. The van der Waals surface area contributed by atoms with Gasteiger partial charge in [-0.15, -0.1) is 0 Å². The van der Waals surface area contributed by atoms with Gasteiger partial charge < -0.3 is 0 Å². The molecule has 0 bridgehead atoms. The van der Waals surface area contributed by atoms with Crippen LogP contribution in [0.25, 0.3) is 16.9 Å². The number of rotatable bonds is 3. The third-order valence-corrected chi connectivity index (χ3v) is 3.60. The Bertz CT molecular complexity index is 791. The molecular weight excluding hydrogens is 284 g/mol. The van der Waals surface area contributed by atoms with Crippen LogP contribution in [0.1, 0.15) is 15.9 Å². The molecule has 0 fully saturated rings. The number of nitrogens with zero attached hydrogens (tertiary/aromatic N) is 2. The second-order valence-corrected chi connectivity index (χ2v) is 5.23. The Morgan fingerprint density at radius 1 is 1.10 bits per heavy atom. The smallest absolute Gasteiger partial charge is 0.153 e. The molecule has 3 aromatic rings. The average molecular weight is 297 g/mol. The van der Waals surface area contributed by atoms with Crippen LogP contribution in [0.3, 0.4) is 0 Å². The summed E-state index contributed by atoms with van der Waals surface area (Å²) in [6, 6.07) is 15.2. The first-order chi connectivity index (χ1) is 10.2. The van der Waals surface area contributed by atoms with E-state index < -0.39 is 0 Å². The molecule has 0 aliphatic rings. The zero-order valence-electron chi connectivity index (χ0n) is 11.5. The van der Waals surface area contributed by atoms with Crippen molar-refractivity contribution in [2.75, 3.05) is 0 Å². The minimum absolute atomic E-state index is 0.556. The summed E-state index contributed by atoms with van der Waals surface area (Å²) in [7, 11) is 0. The van der Waals surface area contributed by atoms with Gasteiger partial charge >= 0.3 is 0 Å². The summed E-state index contributed by atoms with van der Waals surface area (Å²) in [6.45, 7) is 2.01. The Morgan fingerprint density at radius 2 is 1.81 bits per heavy atom. The van der Waals surface area contributed by atoms with Crippen LogP contribution in [-0.2, 0) is 0 Å². The number of hydrogen-bond acceptors (Lipinski definition) is 2. The van der Waals surface area contributed by atoms with Crippen molar-refractivity contribution in [1.29, 1.82) is 0 Å². The van der Waals surface area contributed by atoms with Gasteiger partial charge in [0, 0.05) is 16.8 Å². The number of carbonyl (C=O) groups is 1. The van der Waals surface area contributed by atoms with E-state index in [-0.39, 0.29) is 0 Å². The van der Waals surface area contributed by atoms with E-state index in [1.54, 1.807) is 23.0 Å². The van der Waals surface area contributed by atoms with Crippen molar-refractivity contribution in [1.82, 2.24) is 9.78 Å². The fourth-order valence-corrected chi connectivity index (χ4v) is 2.38. The first-order valence-electron chi connectivity index (χ1n) is 6.56. The maximum atomic E-state index is 11.3.